The summed E-state index contributed by atoms with van der Waals surface area (Å²) in [5, 5.41) is 0. The van der Waals surface area contributed by atoms with Crippen LogP contribution in [0.5, 0.6) is 17.2 Å². The van der Waals surface area contributed by atoms with Crippen LogP contribution >= 0.6 is 0 Å². The highest BCUT2D eigenvalue weighted by Crippen LogP contribution is 2.35. The van der Waals surface area contributed by atoms with Crippen molar-refractivity contribution < 1.29 is 23.7 Å². The Morgan fingerprint density at radius 1 is 1.06 bits per heavy atom. The number of hydrogen-bond donors (Lipinski definition) is 0. The lowest BCUT2D eigenvalue weighted by Gasteiger charge is -2.31. The number of ether oxygens (including phenoxy) is 4. The number of rotatable bonds is 7. The normalized spacial score (nSPS) is 15.8. The van der Waals surface area contributed by atoms with Crippen LogP contribution in [-0.2, 0) is 28.9 Å². The summed E-state index contributed by atoms with van der Waals surface area (Å²) in [6, 6.07) is 3.62. The molecular formula is C23H30N4O5. The Kier molecular flexibility index (Phi) is 6.94. The van der Waals surface area contributed by atoms with Crippen molar-refractivity contribution in [2.75, 3.05) is 59.1 Å². The highest BCUT2D eigenvalue weighted by Gasteiger charge is 2.25. The smallest absolute Gasteiger partial charge is 0.225 e. The molecule has 0 radical (unpaired) electrons. The minimum atomic E-state index is 0.0853. The molecule has 1 aromatic heterocycles. The highest BCUT2D eigenvalue weighted by atomic mass is 16.5. The molecule has 0 saturated carbocycles. The SMILES string of the molecule is COc1cc(OC)c(CCC(=O)N2CCc3cnc(N4CCOCC4)nc3C2)c(OC)c1. The van der Waals surface area contributed by atoms with Gasteiger partial charge in [-0.3, -0.25) is 4.79 Å². The summed E-state index contributed by atoms with van der Waals surface area (Å²) < 4.78 is 21.7. The van der Waals surface area contributed by atoms with E-state index in [1.54, 1.807) is 21.3 Å². The van der Waals surface area contributed by atoms with Gasteiger partial charge in [-0.25, -0.2) is 9.97 Å². The third-order valence-corrected chi connectivity index (χ3v) is 5.99. The van der Waals surface area contributed by atoms with E-state index in [2.05, 4.69) is 9.88 Å². The van der Waals surface area contributed by atoms with Crippen LogP contribution < -0.4 is 19.1 Å². The fourth-order valence-electron chi connectivity index (χ4n) is 4.14. The van der Waals surface area contributed by atoms with Crippen LogP contribution in [0.15, 0.2) is 18.3 Å². The summed E-state index contributed by atoms with van der Waals surface area (Å²) in [4.78, 5) is 26.4. The molecule has 3 heterocycles. The summed E-state index contributed by atoms with van der Waals surface area (Å²) in [6.45, 7) is 4.11. The van der Waals surface area contributed by atoms with E-state index in [-0.39, 0.29) is 5.91 Å². The number of carbonyl (C=O) groups is 1. The van der Waals surface area contributed by atoms with Crippen LogP contribution in [0.4, 0.5) is 5.95 Å². The zero-order valence-electron chi connectivity index (χ0n) is 18.9. The minimum absolute atomic E-state index is 0.0853. The van der Waals surface area contributed by atoms with Crippen molar-refractivity contribution in [1.29, 1.82) is 0 Å². The first-order valence-electron chi connectivity index (χ1n) is 10.9. The molecule has 0 N–H and O–H groups in total. The number of aromatic nitrogens is 2. The van der Waals surface area contributed by atoms with Crippen LogP contribution in [0.1, 0.15) is 23.2 Å². The van der Waals surface area contributed by atoms with Gasteiger partial charge in [-0.2, -0.15) is 0 Å². The van der Waals surface area contributed by atoms with E-state index < -0.39 is 0 Å². The van der Waals surface area contributed by atoms with Gasteiger partial charge in [-0.15, -0.1) is 0 Å². The van der Waals surface area contributed by atoms with E-state index in [1.807, 2.05) is 23.2 Å². The van der Waals surface area contributed by atoms with Crippen LogP contribution in [-0.4, -0.2) is 75.0 Å². The lowest BCUT2D eigenvalue weighted by molar-refractivity contribution is -0.132. The molecule has 0 bridgehead atoms. The molecule has 0 atom stereocenters. The van der Waals surface area contributed by atoms with Crippen molar-refractivity contribution in [3.05, 3.63) is 35.2 Å². The lowest BCUT2D eigenvalue weighted by Crippen LogP contribution is -2.39. The molecule has 32 heavy (non-hydrogen) atoms. The first-order valence-corrected chi connectivity index (χ1v) is 10.9. The Bertz CT molecular complexity index is 936. The Balaban J connectivity index is 1.43. The zero-order valence-corrected chi connectivity index (χ0v) is 18.9. The first-order chi connectivity index (χ1) is 15.6. The van der Waals surface area contributed by atoms with Crippen molar-refractivity contribution in [3.63, 3.8) is 0 Å². The summed E-state index contributed by atoms with van der Waals surface area (Å²) >= 11 is 0. The standard InChI is InChI=1S/C23H30N4O5/c1-29-17-12-20(30-2)18(21(13-17)31-3)4-5-22(28)27-7-6-16-14-24-23(25-19(16)15-27)26-8-10-32-11-9-26/h12-14H,4-11,15H2,1-3H3. The number of hydrogen-bond acceptors (Lipinski definition) is 8. The summed E-state index contributed by atoms with van der Waals surface area (Å²) in [7, 11) is 4.80. The third-order valence-electron chi connectivity index (χ3n) is 5.99. The topological polar surface area (TPSA) is 86.3 Å². The fourth-order valence-corrected chi connectivity index (χ4v) is 4.14. The molecule has 9 nitrogen and oxygen atoms in total. The Morgan fingerprint density at radius 2 is 1.78 bits per heavy atom. The maximum atomic E-state index is 13.0. The predicted octanol–water partition coefficient (Wildman–Crippen LogP) is 1.86. The van der Waals surface area contributed by atoms with Gasteiger partial charge >= 0.3 is 0 Å². The monoisotopic (exact) mass is 442 g/mol. The molecule has 0 unspecified atom stereocenters. The highest BCUT2D eigenvalue weighted by molar-refractivity contribution is 5.77. The van der Waals surface area contributed by atoms with Crippen molar-refractivity contribution in [1.82, 2.24) is 14.9 Å². The van der Waals surface area contributed by atoms with Gasteiger partial charge in [0.15, 0.2) is 0 Å². The Labute approximate surface area is 188 Å². The molecule has 1 fully saturated rings. The third kappa shape index (κ3) is 4.72. The average Bonchev–Trinajstić information content (AvgIpc) is 2.86. The van der Waals surface area contributed by atoms with Crippen LogP contribution in [0.3, 0.4) is 0 Å². The van der Waals surface area contributed by atoms with Crippen molar-refractivity contribution in [2.45, 2.75) is 25.8 Å². The van der Waals surface area contributed by atoms with Gasteiger partial charge in [0.25, 0.3) is 0 Å². The Morgan fingerprint density at radius 3 is 2.44 bits per heavy atom. The van der Waals surface area contributed by atoms with Crippen LogP contribution in [0.25, 0.3) is 0 Å². The molecule has 2 aliphatic rings. The molecule has 4 rings (SSSR count). The van der Waals surface area contributed by atoms with Crippen LogP contribution in [0.2, 0.25) is 0 Å². The number of methoxy groups -OCH3 is 3. The van der Waals surface area contributed by atoms with E-state index >= 15 is 0 Å². The fraction of sp³-hybridized carbons (Fsp3) is 0.522. The minimum Gasteiger partial charge on any atom is -0.496 e. The van der Waals surface area contributed by atoms with Crippen molar-refractivity contribution in [2.24, 2.45) is 0 Å². The number of amides is 1. The first kappa shape index (κ1) is 22.1. The second-order valence-corrected chi connectivity index (χ2v) is 7.82. The van der Waals surface area contributed by atoms with Gasteiger partial charge in [0.1, 0.15) is 17.2 Å². The average molecular weight is 443 g/mol. The van der Waals surface area contributed by atoms with E-state index in [0.29, 0.717) is 62.3 Å². The maximum Gasteiger partial charge on any atom is 0.225 e. The number of carbonyl (C=O) groups excluding carboxylic acids is 1. The summed E-state index contributed by atoms with van der Waals surface area (Å²) in [6.07, 6.45) is 3.54. The lowest BCUT2D eigenvalue weighted by atomic mass is 10.0. The van der Waals surface area contributed by atoms with Crippen molar-refractivity contribution >= 4 is 11.9 Å². The Hall–Kier alpha value is -3.07. The molecular weight excluding hydrogens is 412 g/mol. The molecule has 1 aromatic carbocycles. The van der Waals surface area contributed by atoms with E-state index in [1.165, 1.54) is 0 Å². The van der Waals surface area contributed by atoms with E-state index in [9.17, 15) is 4.79 Å². The molecule has 172 valence electrons. The number of morpholine rings is 1. The van der Waals surface area contributed by atoms with Gasteiger partial charge in [-0.1, -0.05) is 0 Å². The maximum absolute atomic E-state index is 13.0. The zero-order chi connectivity index (χ0) is 22.5. The van der Waals surface area contributed by atoms with Crippen molar-refractivity contribution in [3.8, 4) is 17.2 Å². The number of benzene rings is 1. The van der Waals surface area contributed by atoms with E-state index in [0.717, 1.165) is 36.3 Å². The second kappa shape index (κ2) is 10.0. The van der Waals surface area contributed by atoms with Gasteiger partial charge in [0.05, 0.1) is 46.8 Å². The summed E-state index contributed by atoms with van der Waals surface area (Å²) in [5.41, 5.74) is 2.91. The van der Waals surface area contributed by atoms with Gasteiger partial charge in [-0.05, 0) is 18.4 Å². The number of nitrogens with zero attached hydrogens (tertiary/aromatic N) is 4. The predicted molar refractivity (Wildman–Crippen MR) is 119 cm³/mol. The summed E-state index contributed by atoms with van der Waals surface area (Å²) in [5.74, 6) is 2.76. The van der Waals surface area contributed by atoms with Gasteiger partial charge < -0.3 is 28.7 Å². The van der Waals surface area contributed by atoms with Crippen LogP contribution in [0, 0.1) is 0 Å². The van der Waals surface area contributed by atoms with Gasteiger partial charge in [0.2, 0.25) is 11.9 Å². The van der Waals surface area contributed by atoms with Gasteiger partial charge in [0, 0.05) is 49.9 Å². The molecule has 2 aromatic rings. The molecule has 0 aliphatic carbocycles. The molecule has 0 spiro atoms. The largest absolute Gasteiger partial charge is 0.496 e. The molecule has 9 heteroatoms. The van der Waals surface area contributed by atoms with E-state index in [4.69, 9.17) is 23.9 Å². The number of anilines is 1. The molecule has 1 amide bonds. The molecule has 2 aliphatic heterocycles. The number of fused-ring (bicyclic) bond motifs is 1. The second-order valence-electron chi connectivity index (χ2n) is 7.82. The molecule has 1 saturated heterocycles. The quantitative estimate of drug-likeness (QED) is 0.642.